The number of aromatic nitrogens is 2. The number of nitrogens with zero attached hydrogens (tertiary/aromatic N) is 2. The first-order chi connectivity index (χ1) is 17.6. The van der Waals surface area contributed by atoms with E-state index in [4.69, 9.17) is 14.0 Å². The summed E-state index contributed by atoms with van der Waals surface area (Å²) in [5.74, 6) is 2.10. The molecule has 186 valence electrons. The summed E-state index contributed by atoms with van der Waals surface area (Å²) in [5, 5.41) is 7.97. The SMILES string of the molecule is CCOc1ccc2c(-c3ccno3)c(-c3ccc(NC(=O)OC(C)C4CC4)cc3)n(C3CCC3)c2c1. The number of benzene rings is 2. The molecule has 2 aromatic heterocycles. The van der Waals surface area contributed by atoms with E-state index in [0.717, 1.165) is 64.9 Å². The fourth-order valence-corrected chi connectivity index (χ4v) is 5.14. The van der Waals surface area contributed by atoms with Gasteiger partial charge >= 0.3 is 6.09 Å². The molecule has 2 heterocycles. The van der Waals surface area contributed by atoms with Crippen molar-refractivity contribution in [1.82, 2.24) is 9.72 Å². The minimum absolute atomic E-state index is 0.0477. The Hall–Kier alpha value is -3.74. The highest BCUT2D eigenvalue weighted by Crippen LogP contribution is 2.47. The average Bonchev–Trinajstić information content (AvgIpc) is 3.47. The Balaban J connectivity index is 1.41. The van der Waals surface area contributed by atoms with Gasteiger partial charge in [0.2, 0.25) is 0 Å². The standard InChI is InChI=1S/C29H31N3O4/c1-3-34-23-13-14-24-25(17-23)32(22-5-4-6-22)28(27(24)26-15-16-30-36-26)20-9-11-21(12-10-20)31-29(33)35-18(2)19-7-8-19/h9-19,22H,3-8H2,1-2H3,(H,31,33). The minimum atomic E-state index is -0.406. The molecule has 2 saturated carbocycles. The number of anilines is 1. The quantitative estimate of drug-likeness (QED) is 0.281. The second kappa shape index (κ2) is 9.37. The minimum Gasteiger partial charge on any atom is -0.494 e. The molecule has 2 aliphatic rings. The van der Waals surface area contributed by atoms with E-state index >= 15 is 0 Å². The van der Waals surface area contributed by atoms with Crippen molar-refractivity contribution in [2.45, 2.75) is 58.1 Å². The zero-order valence-electron chi connectivity index (χ0n) is 20.7. The highest BCUT2D eigenvalue weighted by molar-refractivity contribution is 6.04. The molecule has 4 aromatic rings. The molecule has 0 radical (unpaired) electrons. The topological polar surface area (TPSA) is 78.5 Å². The molecule has 2 aliphatic carbocycles. The van der Waals surface area contributed by atoms with E-state index in [-0.39, 0.29) is 6.10 Å². The van der Waals surface area contributed by atoms with Crippen molar-refractivity contribution in [3.05, 3.63) is 54.7 Å². The van der Waals surface area contributed by atoms with Gasteiger partial charge in [0.1, 0.15) is 11.9 Å². The highest BCUT2D eigenvalue weighted by atomic mass is 16.6. The molecule has 0 spiro atoms. The molecular formula is C29H31N3O4. The summed E-state index contributed by atoms with van der Waals surface area (Å²) >= 11 is 0. The van der Waals surface area contributed by atoms with Gasteiger partial charge in [-0.3, -0.25) is 5.32 Å². The van der Waals surface area contributed by atoms with Gasteiger partial charge < -0.3 is 18.6 Å². The molecule has 2 aromatic carbocycles. The Labute approximate surface area is 210 Å². The van der Waals surface area contributed by atoms with Crippen LogP contribution in [0.1, 0.15) is 52.0 Å². The predicted molar refractivity (Wildman–Crippen MR) is 139 cm³/mol. The Bertz CT molecular complexity index is 1370. The molecule has 7 heteroatoms. The number of carbonyl (C=O) groups is 1. The Morgan fingerprint density at radius 1 is 1.14 bits per heavy atom. The van der Waals surface area contributed by atoms with Crippen molar-refractivity contribution in [1.29, 1.82) is 0 Å². The molecule has 36 heavy (non-hydrogen) atoms. The Kier molecular flexibility index (Phi) is 5.91. The van der Waals surface area contributed by atoms with E-state index in [1.165, 1.54) is 6.42 Å². The first-order valence-corrected chi connectivity index (χ1v) is 12.9. The number of fused-ring (bicyclic) bond motifs is 1. The van der Waals surface area contributed by atoms with Crippen molar-refractivity contribution < 1.29 is 18.8 Å². The number of ether oxygens (including phenoxy) is 2. The molecule has 2 fully saturated rings. The zero-order chi connectivity index (χ0) is 24.6. The monoisotopic (exact) mass is 485 g/mol. The molecule has 1 N–H and O–H groups in total. The predicted octanol–water partition coefficient (Wildman–Crippen LogP) is 7.43. The molecule has 0 bridgehead atoms. The fraction of sp³-hybridized carbons (Fsp3) is 0.379. The largest absolute Gasteiger partial charge is 0.494 e. The number of hydrogen-bond acceptors (Lipinski definition) is 5. The highest BCUT2D eigenvalue weighted by Gasteiger charge is 2.31. The molecule has 1 unspecified atom stereocenters. The number of rotatable bonds is 8. The summed E-state index contributed by atoms with van der Waals surface area (Å²) in [6.45, 7) is 4.58. The smallest absolute Gasteiger partial charge is 0.411 e. The van der Waals surface area contributed by atoms with Gasteiger partial charge in [0, 0.05) is 29.2 Å². The lowest BCUT2D eigenvalue weighted by Gasteiger charge is -2.30. The third-order valence-electron chi connectivity index (χ3n) is 7.39. The van der Waals surface area contributed by atoms with Crippen LogP contribution in [-0.4, -0.2) is 28.5 Å². The van der Waals surface area contributed by atoms with Crippen molar-refractivity contribution in [3.63, 3.8) is 0 Å². The van der Waals surface area contributed by atoms with Crippen LogP contribution in [0.25, 0.3) is 33.5 Å². The van der Waals surface area contributed by atoms with Gasteiger partial charge in [-0.1, -0.05) is 17.3 Å². The van der Waals surface area contributed by atoms with Crippen LogP contribution in [0.2, 0.25) is 0 Å². The van der Waals surface area contributed by atoms with E-state index in [9.17, 15) is 4.79 Å². The molecular weight excluding hydrogens is 454 g/mol. The zero-order valence-corrected chi connectivity index (χ0v) is 20.7. The summed E-state index contributed by atoms with van der Waals surface area (Å²) in [5.41, 5.74) is 5.00. The van der Waals surface area contributed by atoms with Gasteiger partial charge in [0.15, 0.2) is 5.76 Å². The Morgan fingerprint density at radius 2 is 1.94 bits per heavy atom. The van der Waals surface area contributed by atoms with Crippen LogP contribution in [0.5, 0.6) is 5.75 Å². The van der Waals surface area contributed by atoms with Crippen LogP contribution in [0.15, 0.2) is 59.3 Å². The number of hydrogen-bond donors (Lipinski definition) is 1. The van der Waals surface area contributed by atoms with Gasteiger partial charge in [-0.2, -0.15) is 0 Å². The van der Waals surface area contributed by atoms with Crippen LogP contribution >= 0.6 is 0 Å². The van der Waals surface area contributed by atoms with Crippen LogP contribution in [0.3, 0.4) is 0 Å². The summed E-state index contributed by atoms with van der Waals surface area (Å²) in [6, 6.07) is 16.5. The third kappa shape index (κ3) is 4.23. The van der Waals surface area contributed by atoms with Crippen molar-refractivity contribution in [3.8, 4) is 28.3 Å². The fourth-order valence-electron chi connectivity index (χ4n) is 5.14. The van der Waals surface area contributed by atoms with Gasteiger partial charge in [0.25, 0.3) is 0 Å². The van der Waals surface area contributed by atoms with Crippen molar-refractivity contribution >= 4 is 22.7 Å². The number of nitrogens with one attached hydrogen (secondary N) is 1. The van der Waals surface area contributed by atoms with E-state index in [1.807, 2.05) is 50.2 Å². The summed E-state index contributed by atoms with van der Waals surface area (Å²) < 4.78 is 19.5. The molecule has 6 rings (SSSR count). The molecule has 1 amide bonds. The first-order valence-electron chi connectivity index (χ1n) is 12.9. The number of amides is 1. The van der Waals surface area contributed by atoms with E-state index in [0.29, 0.717) is 24.3 Å². The van der Waals surface area contributed by atoms with Crippen molar-refractivity contribution in [2.24, 2.45) is 5.92 Å². The molecule has 0 aliphatic heterocycles. The van der Waals surface area contributed by atoms with E-state index in [2.05, 4.69) is 27.2 Å². The van der Waals surface area contributed by atoms with Gasteiger partial charge in [-0.15, -0.1) is 0 Å². The van der Waals surface area contributed by atoms with E-state index in [1.54, 1.807) is 6.20 Å². The third-order valence-corrected chi connectivity index (χ3v) is 7.39. The van der Waals surface area contributed by atoms with E-state index < -0.39 is 6.09 Å². The molecule has 7 nitrogen and oxygen atoms in total. The maximum absolute atomic E-state index is 12.3. The molecule has 1 atom stereocenters. The first kappa shape index (κ1) is 22.7. The van der Waals surface area contributed by atoms with Crippen LogP contribution in [-0.2, 0) is 4.74 Å². The summed E-state index contributed by atoms with van der Waals surface area (Å²) in [6.07, 6.45) is 6.99. The van der Waals surface area contributed by atoms with Crippen LogP contribution in [0, 0.1) is 5.92 Å². The Morgan fingerprint density at radius 3 is 2.58 bits per heavy atom. The normalized spacial score (nSPS) is 16.5. The molecule has 0 saturated heterocycles. The lowest BCUT2D eigenvalue weighted by Crippen LogP contribution is -2.21. The summed E-state index contributed by atoms with van der Waals surface area (Å²) in [7, 11) is 0. The lowest BCUT2D eigenvalue weighted by molar-refractivity contribution is 0.108. The number of carbonyl (C=O) groups excluding carboxylic acids is 1. The lowest BCUT2D eigenvalue weighted by atomic mass is 9.92. The average molecular weight is 486 g/mol. The second-order valence-electron chi connectivity index (χ2n) is 9.82. The van der Waals surface area contributed by atoms with Gasteiger partial charge in [-0.05, 0) is 81.7 Å². The van der Waals surface area contributed by atoms with Crippen LogP contribution in [0.4, 0.5) is 10.5 Å². The summed E-state index contributed by atoms with van der Waals surface area (Å²) in [4.78, 5) is 12.3. The van der Waals surface area contributed by atoms with Gasteiger partial charge in [-0.25, -0.2) is 4.79 Å². The van der Waals surface area contributed by atoms with Crippen molar-refractivity contribution in [2.75, 3.05) is 11.9 Å². The van der Waals surface area contributed by atoms with Gasteiger partial charge in [0.05, 0.1) is 29.6 Å². The van der Waals surface area contributed by atoms with Crippen LogP contribution < -0.4 is 10.1 Å². The maximum atomic E-state index is 12.3. The maximum Gasteiger partial charge on any atom is 0.411 e. The second-order valence-corrected chi connectivity index (χ2v) is 9.82.